The zero-order valence-corrected chi connectivity index (χ0v) is 25.9. The Kier molecular flexibility index (Phi) is 8.17. The van der Waals surface area contributed by atoms with Crippen LogP contribution in [-0.4, -0.2) is 43.1 Å². The van der Waals surface area contributed by atoms with Crippen molar-refractivity contribution in [2.75, 3.05) is 24.7 Å². The lowest BCUT2D eigenvalue weighted by Crippen LogP contribution is -2.26. The first-order valence-corrected chi connectivity index (χ1v) is 15.5. The van der Waals surface area contributed by atoms with Crippen molar-refractivity contribution in [2.45, 2.75) is 65.2 Å². The van der Waals surface area contributed by atoms with Gasteiger partial charge >= 0.3 is 0 Å². The number of rotatable bonds is 4. The molecule has 2 aromatic carbocycles. The molecule has 5 rings (SSSR count). The zero-order valence-electron chi connectivity index (χ0n) is 25.1. The maximum Gasteiger partial charge on any atom is 0.209 e. The van der Waals surface area contributed by atoms with Gasteiger partial charge in [-0.1, -0.05) is 69.3 Å². The van der Waals surface area contributed by atoms with E-state index in [1.807, 2.05) is 0 Å². The second-order valence-corrected chi connectivity index (χ2v) is 13.6. The van der Waals surface area contributed by atoms with Crippen molar-refractivity contribution >= 4 is 27.2 Å². The van der Waals surface area contributed by atoms with Gasteiger partial charge in [-0.2, -0.15) is 4.58 Å². The van der Waals surface area contributed by atoms with Crippen molar-refractivity contribution in [2.24, 2.45) is 0 Å². The summed E-state index contributed by atoms with van der Waals surface area (Å²) >= 11 is 0. The molecule has 0 amide bonds. The summed E-state index contributed by atoms with van der Waals surface area (Å²) in [6, 6.07) is 17.6. The van der Waals surface area contributed by atoms with Crippen molar-refractivity contribution < 1.29 is 17.5 Å². The van der Waals surface area contributed by atoms with Crippen LogP contribution in [-0.2, 0) is 20.9 Å². The van der Waals surface area contributed by atoms with Crippen LogP contribution >= 0.6 is 0 Å². The molecule has 40 heavy (non-hydrogen) atoms. The number of anilines is 1. The number of fused-ring (bicyclic) bond motifs is 2. The number of hydrogen-bond donors (Lipinski definition) is 0. The molecule has 212 valence electrons. The molecule has 0 fully saturated rings. The number of nitrogens with zero attached hydrogens (tertiary/aromatic N) is 2. The molecule has 0 saturated heterocycles. The second-order valence-electron chi connectivity index (χ2n) is 11.9. The Morgan fingerprint density at radius 2 is 1.52 bits per heavy atom. The predicted molar refractivity (Wildman–Crippen MR) is 166 cm³/mol. The van der Waals surface area contributed by atoms with E-state index in [2.05, 4.69) is 131 Å². The highest BCUT2D eigenvalue weighted by atomic mass is 32.2. The Labute approximate surface area is 240 Å². The maximum atomic E-state index is 9.44. The predicted octanol–water partition coefficient (Wildman–Crippen LogP) is 7.15. The van der Waals surface area contributed by atoms with Gasteiger partial charge in [0.15, 0.2) is 5.71 Å². The van der Waals surface area contributed by atoms with E-state index in [-0.39, 0.29) is 16.6 Å². The van der Waals surface area contributed by atoms with E-state index in [9.17, 15) is 13.0 Å². The van der Waals surface area contributed by atoms with E-state index in [0.717, 1.165) is 12.8 Å². The standard InChI is InChI=1S/C32H37N2.C2H6O3S/c1-22-23(18-20-29-31(2,3)25-12-8-10-14-27(25)33(29)6)16-17-24(22)19-21-30-32(4,5)26-13-9-11-15-28(26)34(30)7;1-2-6(3,4)5/h8-15,18-21H,16-17H2,1-7H3;2H2,1H3,(H,3,4,5)/q+1;/p-1. The smallest absolute Gasteiger partial charge is 0.209 e. The summed E-state index contributed by atoms with van der Waals surface area (Å²) in [6.45, 7) is 12.9. The molecule has 0 saturated carbocycles. The van der Waals surface area contributed by atoms with E-state index < -0.39 is 10.1 Å². The van der Waals surface area contributed by atoms with Gasteiger partial charge in [0.05, 0.1) is 15.5 Å². The number of benzene rings is 2. The largest absolute Gasteiger partial charge is 0.748 e. The molecule has 2 aromatic rings. The summed E-state index contributed by atoms with van der Waals surface area (Å²) in [5.74, 6) is -0.312. The van der Waals surface area contributed by atoms with Crippen LogP contribution in [0.5, 0.6) is 0 Å². The molecule has 2 heterocycles. The molecule has 0 radical (unpaired) electrons. The highest BCUT2D eigenvalue weighted by molar-refractivity contribution is 7.85. The van der Waals surface area contributed by atoms with Crippen LogP contribution in [0.2, 0.25) is 0 Å². The summed E-state index contributed by atoms with van der Waals surface area (Å²) in [7, 11) is 0.474. The molecule has 0 bridgehead atoms. The molecule has 5 nitrogen and oxygen atoms in total. The summed E-state index contributed by atoms with van der Waals surface area (Å²) in [5.41, 5.74) is 12.6. The Bertz CT molecular complexity index is 1580. The van der Waals surface area contributed by atoms with Gasteiger partial charge in [0.2, 0.25) is 5.69 Å². The molecular formula is C34H42N2O3S. The van der Waals surface area contributed by atoms with E-state index in [1.54, 1.807) is 0 Å². The zero-order chi connectivity index (χ0) is 29.5. The van der Waals surface area contributed by atoms with Crippen LogP contribution in [0, 0.1) is 0 Å². The lowest BCUT2D eigenvalue weighted by atomic mass is 9.81. The van der Waals surface area contributed by atoms with Crippen molar-refractivity contribution in [3.05, 3.63) is 106 Å². The molecule has 2 aliphatic heterocycles. The number of allylic oxidation sites excluding steroid dienone is 8. The van der Waals surface area contributed by atoms with Crippen molar-refractivity contribution in [3.63, 3.8) is 0 Å². The average Bonchev–Trinajstić information content (AvgIpc) is 3.43. The summed E-state index contributed by atoms with van der Waals surface area (Å²) < 4.78 is 30.7. The first-order valence-electron chi connectivity index (χ1n) is 14.0. The first-order chi connectivity index (χ1) is 18.7. The Balaban J connectivity index is 0.000000557. The molecule has 0 atom stereocenters. The highest BCUT2D eigenvalue weighted by Crippen LogP contribution is 2.47. The maximum absolute atomic E-state index is 9.44. The number of para-hydroxylation sites is 2. The Morgan fingerprint density at radius 3 is 2.12 bits per heavy atom. The second kappa shape index (κ2) is 11.0. The third-order valence-corrected chi connectivity index (χ3v) is 9.45. The van der Waals surface area contributed by atoms with Crippen LogP contribution in [0.15, 0.2) is 95.3 Å². The number of likely N-dealkylation sites (N-methyl/N-ethyl adjacent to an activating group) is 1. The molecule has 3 aliphatic rings. The third kappa shape index (κ3) is 5.52. The average molecular weight is 559 g/mol. The van der Waals surface area contributed by atoms with Gasteiger partial charge in [-0.25, -0.2) is 8.42 Å². The summed E-state index contributed by atoms with van der Waals surface area (Å²) in [5, 5.41) is 0. The van der Waals surface area contributed by atoms with Gasteiger partial charge in [-0.15, -0.1) is 0 Å². The Hall–Kier alpha value is -3.22. The highest BCUT2D eigenvalue weighted by Gasteiger charge is 2.42. The molecule has 0 spiro atoms. The normalized spacial score (nSPS) is 21.4. The van der Waals surface area contributed by atoms with Crippen LogP contribution in [0.1, 0.15) is 65.5 Å². The molecule has 0 aromatic heterocycles. The molecule has 0 unspecified atom stereocenters. The summed E-state index contributed by atoms with van der Waals surface area (Å²) in [4.78, 5) is 2.35. The van der Waals surface area contributed by atoms with Crippen LogP contribution in [0.25, 0.3) is 0 Å². The first kappa shape index (κ1) is 29.8. The minimum atomic E-state index is -3.91. The fraction of sp³-hybridized carbons (Fsp3) is 0.382. The van der Waals surface area contributed by atoms with Gasteiger partial charge in [-0.05, 0) is 68.0 Å². The van der Waals surface area contributed by atoms with E-state index in [4.69, 9.17) is 0 Å². The van der Waals surface area contributed by atoms with Crippen molar-refractivity contribution in [1.29, 1.82) is 0 Å². The quantitative estimate of drug-likeness (QED) is 0.295. The lowest BCUT2D eigenvalue weighted by Gasteiger charge is -2.23. The van der Waals surface area contributed by atoms with E-state index in [1.165, 1.54) is 57.6 Å². The molecule has 0 N–H and O–H groups in total. The topological polar surface area (TPSA) is 63.5 Å². The molecule has 1 aliphatic carbocycles. The number of hydrogen-bond acceptors (Lipinski definition) is 4. The third-order valence-electron chi connectivity index (χ3n) is 8.75. The van der Waals surface area contributed by atoms with E-state index in [0.29, 0.717) is 0 Å². The van der Waals surface area contributed by atoms with E-state index >= 15 is 0 Å². The van der Waals surface area contributed by atoms with Crippen molar-refractivity contribution in [3.8, 4) is 0 Å². The van der Waals surface area contributed by atoms with Crippen molar-refractivity contribution in [1.82, 2.24) is 0 Å². The van der Waals surface area contributed by atoms with Gasteiger partial charge in [0, 0.05) is 47.3 Å². The van der Waals surface area contributed by atoms with Gasteiger partial charge in [0.25, 0.3) is 0 Å². The van der Waals surface area contributed by atoms with Crippen LogP contribution in [0.3, 0.4) is 0 Å². The SMILES string of the molecule is CC1=C(/C=C/C2=[N+](C)c3ccccc3C2(C)C)CCC1=C/C=C1/N(C)c2ccccc2C1(C)C.CCS(=O)(=O)[O-]. The molecular weight excluding hydrogens is 516 g/mol. The fourth-order valence-electron chi connectivity index (χ4n) is 6.23. The minimum Gasteiger partial charge on any atom is -0.748 e. The van der Waals surface area contributed by atoms with Crippen LogP contribution < -0.4 is 4.90 Å². The fourth-order valence-corrected chi connectivity index (χ4v) is 6.23. The minimum absolute atomic E-state index is 0.0195. The van der Waals surface area contributed by atoms with Gasteiger partial charge < -0.3 is 9.45 Å². The Morgan fingerprint density at radius 1 is 0.925 bits per heavy atom. The van der Waals surface area contributed by atoms with Gasteiger partial charge in [0.1, 0.15) is 7.05 Å². The van der Waals surface area contributed by atoms with Crippen LogP contribution in [0.4, 0.5) is 11.4 Å². The molecule has 6 heteroatoms. The summed E-state index contributed by atoms with van der Waals surface area (Å²) in [6.07, 6.45) is 11.7. The lowest BCUT2D eigenvalue weighted by molar-refractivity contribution is -0.401. The van der Waals surface area contributed by atoms with Gasteiger partial charge in [-0.3, -0.25) is 0 Å². The monoisotopic (exact) mass is 558 g/mol.